The summed E-state index contributed by atoms with van der Waals surface area (Å²) in [5, 5.41) is 13.5. The first-order valence-electron chi connectivity index (χ1n) is 6.89. The molecule has 3 rings (SSSR count). The van der Waals surface area contributed by atoms with E-state index in [1.165, 1.54) is 0 Å². The molecule has 0 bridgehead atoms. The molecule has 23 heavy (non-hydrogen) atoms. The number of carboxylic acid groups (broad SMARTS) is 1. The molecule has 1 saturated heterocycles. The fourth-order valence-corrected chi connectivity index (χ4v) is 3.16. The van der Waals surface area contributed by atoms with Crippen LogP contribution in [0.25, 0.3) is 0 Å². The Morgan fingerprint density at radius 2 is 2.09 bits per heavy atom. The normalized spacial score (nSPS) is 17.6. The van der Waals surface area contributed by atoms with E-state index < -0.39 is 12.0 Å². The molecule has 2 aromatic rings. The lowest BCUT2D eigenvalue weighted by atomic mass is 10.2. The van der Waals surface area contributed by atoms with Crippen LogP contribution < -0.4 is 10.2 Å². The van der Waals surface area contributed by atoms with Gasteiger partial charge >= 0.3 is 5.97 Å². The smallest absolute Gasteiger partial charge is 0.309 e. The fourth-order valence-electron chi connectivity index (χ4n) is 2.32. The zero-order valence-electron chi connectivity index (χ0n) is 11.9. The SMILES string of the molecule is O=C(O)Cc1csc(N2C(=O)CC(Nc3ccccc3)C2=O)n1. The molecule has 2 N–H and O–H groups in total. The van der Waals surface area contributed by atoms with Crippen LogP contribution in [0.2, 0.25) is 0 Å². The van der Waals surface area contributed by atoms with Crippen molar-refractivity contribution in [2.24, 2.45) is 0 Å². The fraction of sp³-hybridized carbons (Fsp3) is 0.200. The molecule has 0 saturated carbocycles. The van der Waals surface area contributed by atoms with Crippen LogP contribution in [0.1, 0.15) is 12.1 Å². The van der Waals surface area contributed by atoms with Gasteiger partial charge in [-0.05, 0) is 12.1 Å². The van der Waals surface area contributed by atoms with Crippen LogP contribution in [-0.2, 0) is 20.8 Å². The molecule has 118 valence electrons. The Bertz CT molecular complexity index is 759. The number of thiazole rings is 1. The first-order chi connectivity index (χ1) is 11.0. The van der Waals surface area contributed by atoms with Crippen molar-refractivity contribution in [1.29, 1.82) is 0 Å². The van der Waals surface area contributed by atoms with Crippen LogP contribution in [0.5, 0.6) is 0 Å². The molecule has 1 unspecified atom stereocenters. The number of aromatic nitrogens is 1. The van der Waals surface area contributed by atoms with Crippen LogP contribution >= 0.6 is 11.3 Å². The Balaban J connectivity index is 1.76. The van der Waals surface area contributed by atoms with Crippen molar-refractivity contribution in [3.8, 4) is 0 Å². The second-order valence-electron chi connectivity index (χ2n) is 5.03. The van der Waals surface area contributed by atoms with E-state index in [-0.39, 0.29) is 29.8 Å². The van der Waals surface area contributed by atoms with E-state index in [0.717, 1.165) is 21.9 Å². The molecule has 0 spiro atoms. The first-order valence-corrected chi connectivity index (χ1v) is 7.77. The van der Waals surface area contributed by atoms with Gasteiger partial charge in [-0.3, -0.25) is 14.4 Å². The van der Waals surface area contributed by atoms with Crippen LogP contribution in [-0.4, -0.2) is 33.9 Å². The molecule has 1 atom stereocenters. The molecule has 1 aliphatic rings. The van der Waals surface area contributed by atoms with Crippen molar-refractivity contribution in [2.75, 3.05) is 10.2 Å². The Morgan fingerprint density at radius 1 is 1.35 bits per heavy atom. The van der Waals surface area contributed by atoms with Crippen molar-refractivity contribution >= 4 is 39.9 Å². The number of imide groups is 1. The highest BCUT2D eigenvalue weighted by Crippen LogP contribution is 2.28. The van der Waals surface area contributed by atoms with E-state index in [9.17, 15) is 14.4 Å². The highest BCUT2D eigenvalue weighted by Gasteiger charge is 2.41. The molecule has 0 aliphatic carbocycles. The van der Waals surface area contributed by atoms with E-state index >= 15 is 0 Å². The van der Waals surface area contributed by atoms with Crippen molar-refractivity contribution in [1.82, 2.24) is 4.98 Å². The van der Waals surface area contributed by atoms with Crippen molar-refractivity contribution in [3.05, 3.63) is 41.4 Å². The number of nitrogens with one attached hydrogen (secondary N) is 1. The molecule has 2 amide bonds. The van der Waals surface area contributed by atoms with Gasteiger partial charge in [0.1, 0.15) is 6.04 Å². The van der Waals surface area contributed by atoms with E-state index in [0.29, 0.717) is 5.69 Å². The van der Waals surface area contributed by atoms with Gasteiger partial charge in [0.15, 0.2) is 5.13 Å². The Kier molecular flexibility index (Phi) is 4.07. The number of nitrogens with zero attached hydrogens (tertiary/aromatic N) is 2. The second-order valence-corrected chi connectivity index (χ2v) is 5.86. The maximum absolute atomic E-state index is 12.4. The van der Waals surface area contributed by atoms with Crippen molar-refractivity contribution in [3.63, 3.8) is 0 Å². The standard InChI is InChI=1S/C15H13N3O4S/c19-12-7-11(16-9-4-2-1-3-5-9)14(22)18(12)15-17-10(8-23-15)6-13(20)21/h1-5,8,11,16H,6-7H2,(H,20,21). The molecule has 1 aliphatic heterocycles. The number of rotatable bonds is 5. The topological polar surface area (TPSA) is 99.6 Å². The highest BCUT2D eigenvalue weighted by atomic mass is 32.1. The lowest BCUT2D eigenvalue weighted by Crippen LogP contribution is -2.34. The summed E-state index contributed by atoms with van der Waals surface area (Å²) in [6.45, 7) is 0. The Labute approximate surface area is 135 Å². The molecule has 7 nitrogen and oxygen atoms in total. The molecule has 1 aromatic carbocycles. The molecular weight excluding hydrogens is 318 g/mol. The Hall–Kier alpha value is -2.74. The molecular formula is C15H13N3O4S. The second kappa shape index (κ2) is 6.17. The summed E-state index contributed by atoms with van der Waals surface area (Å²) < 4.78 is 0. The number of hydrogen-bond donors (Lipinski definition) is 2. The number of carbonyl (C=O) groups excluding carboxylic acids is 2. The average Bonchev–Trinajstić information content (AvgIpc) is 3.05. The average molecular weight is 331 g/mol. The van der Waals surface area contributed by atoms with E-state index in [4.69, 9.17) is 5.11 Å². The minimum atomic E-state index is -1.01. The van der Waals surface area contributed by atoms with Crippen LogP contribution in [0, 0.1) is 0 Å². The number of para-hydroxylation sites is 1. The minimum absolute atomic E-state index is 0.0432. The zero-order valence-corrected chi connectivity index (χ0v) is 12.7. The summed E-state index contributed by atoms with van der Waals surface area (Å²) in [6, 6.07) is 8.51. The maximum Gasteiger partial charge on any atom is 0.309 e. The molecule has 1 fully saturated rings. The maximum atomic E-state index is 12.4. The highest BCUT2D eigenvalue weighted by molar-refractivity contribution is 7.14. The predicted molar refractivity (Wildman–Crippen MR) is 84.4 cm³/mol. The van der Waals surface area contributed by atoms with Crippen LogP contribution in [0.3, 0.4) is 0 Å². The number of carboxylic acids is 1. The van der Waals surface area contributed by atoms with Gasteiger partial charge in [-0.2, -0.15) is 0 Å². The van der Waals surface area contributed by atoms with E-state index in [1.807, 2.05) is 30.3 Å². The van der Waals surface area contributed by atoms with Gasteiger partial charge in [0.2, 0.25) is 5.91 Å². The monoisotopic (exact) mass is 331 g/mol. The summed E-state index contributed by atoms with van der Waals surface area (Å²) in [5.74, 6) is -1.74. The minimum Gasteiger partial charge on any atom is -0.481 e. The van der Waals surface area contributed by atoms with Crippen LogP contribution in [0.4, 0.5) is 10.8 Å². The summed E-state index contributed by atoms with van der Waals surface area (Å²) >= 11 is 1.09. The van der Waals surface area contributed by atoms with Gasteiger partial charge in [-0.25, -0.2) is 9.88 Å². The van der Waals surface area contributed by atoms with Gasteiger partial charge in [-0.15, -0.1) is 11.3 Å². The van der Waals surface area contributed by atoms with Gasteiger partial charge in [0.25, 0.3) is 5.91 Å². The number of anilines is 2. The summed E-state index contributed by atoms with van der Waals surface area (Å²) in [4.78, 5) is 40.4. The van der Waals surface area contributed by atoms with Crippen LogP contribution in [0.15, 0.2) is 35.7 Å². The summed E-state index contributed by atoms with van der Waals surface area (Å²) in [6.07, 6.45) is -0.194. The number of amides is 2. The molecule has 1 aromatic heterocycles. The molecule has 0 radical (unpaired) electrons. The number of carbonyl (C=O) groups is 3. The predicted octanol–water partition coefficient (Wildman–Crippen LogP) is 1.51. The quantitative estimate of drug-likeness (QED) is 0.806. The lowest BCUT2D eigenvalue weighted by molar-refractivity contribution is -0.136. The van der Waals surface area contributed by atoms with Gasteiger partial charge in [0, 0.05) is 11.1 Å². The number of aliphatic carboxylic acids is 1. The van der Waals surface area contributed by atoms with Gasteiger partial charge < -0.3 is 10.4 Å². The third-order valence-corrected chi connectivity index (χ3v) is 4.20. The zero-order chi connectivity index (χ0) is 16.4. The van der Waals surface area contributed by atoms with E-state index in [2.05, 4.69) is 10.3 Å². The Morgan fingerprint density at radius 3 is 2.78 bits per heavy atom. The molecule has 8 heteroatoms. The van der Waals surface area contributed by atoms with Crippen molar-refractivity contribution in [2.45, 2.75) is 18.9 Å². The summed E-state index contributed by atoms with van der Waals surface area (Å²) in [7, 11) is 0. The van der Waals surface area contributed by atoms with E-state index in [1.54, 1.807) is 5.38 Å². The lowest BCUT2D eigenvalue weighted by Gasteiger charge is -2.13. The largest absolute Gasteiger partial charge is 0.481 e. The number of benzene rings is 1. The van der Waals surface area contributed by atoms with Gasteiger partial charge in [-0.1, -0.05) is 18.2 Å². The van der Waals surface area contributed by atoms with Crippen molar-refractivity contribution < 1.29 is 19.5 Å². The molecule has 2 heterocycles. The summed E-state index contributed by atoms with van der Waals surface area (Å²) in [5.41, 5.74) is 1.09. The van der Waals surface area contributed by atoms with Gasteiger partial charge in [0.05, 0.1) is 18.5 Å². The first kappa shape index (κ1) is 15.2. The third kappa shape index (κ3) is 3.21. The number of hydrogen-bond acceptors (Lipinski definition) is 6. The third-order valence-electron chi connectivity index (χ3n) is 3.32.